The van der Waals surface area contributed by atoms with E-state index < -0.39 is 45.9 Å². The molecule has 0 spiro atoms. The van der Waals surface area contributed by atoms with Crippen molar-refractivity contribution in [2.24, 2.45) is 16.7 Å². The van der Waals surface area contributed by atoms with Gasteiger partial charge >= 0.3 is 11.9 Å². The monoisotopic (exact) mass is 471 g/mol. The molecule has 8 heteroatoms. The minimum atomic E-state index is -2.19. The second-order valence-corrected chi connectivity index (χ2v) is 10.4. The van der Waals surface area contributed by atoms with Crippen LogP contribution in [0.15, 0.2) is 48.5 Å². The molecule has 0 aliphatic carbocycles. The molecule has 2 aromatic carbocycles. The SMILES string of the molecule is CC(C)(C)C(C(=O)O)C(NC(=O)c1cccc(OCc2ccccc2)c1O)(C(=O)O)C(C)(C)C. The quantitative estimate of drug-likeness (QED) is 0.451. The average Bonchev–Trinajstić information content (AvgIpc) is 2.70. The molecule has 2 rings (SSSR count). The Morgan fingerprint density at radius 1 is 0.912 bits per heavy atom. The highest BCUT2D eigenvalue weighted by Gasteiger charge is 2.61. The van der Waals surface area contributed by atoms with Gasteiger partial charge in [0.1, 0.15) is 6.61 Å². The number of hydrogen-bond acceptors (Lipinski definition) is 5. The van der Waals surface area contributed by atoms with Gasteiger partial charge in [0.25, 0.3) is 5.91 Å². The van der Waals surface area contributed by atoms with E-state index in [1.165, 1.54) is 18.2 Å². The lowest BCUT2D eigenvalue weighted by molar-refractivity contribution is -0.169. The van der Waals surface area contributed by atoms with Crippen molar-refractivity contribution in [2.45, 2.75) is 53.7 Å². The molecule has 2 atom stereocenters. The number of ether oxygens (including phenoxy) is 1. The second-order valence-electron chi connectivity index (χ2n) is 10.4. The highest BCUT2D eigenvalue weighted by molar-refractivity contribution is 6.02. The molecule has 8 nitrogen and oxygen atoms in total. The first-order valence-electron chi connectivity index (χ1n) is 10.9. The van der Waals surface area contributed by atoms with Gasteiger partial charge in [0, 0.05) is 0 Å². The lowest BCUT2D eigenvalue weighted by atomic mass is 9.58. The molecule has 0 aliphatic rings. The van der Waals surface area contributed by atoms with E-state index in [9.17, 15) is 29.7 Å². The van der Waals surface area contributed by atoms with E-state index in [-0.39, 0.29) is 17.9 Å². The number of carbonyl (C=O) groups excluding carboxylic acids is 1. The van der Waals surface area contributed by atoms with Gasteiger partial charge in [0.15, 0.2) is 17.0 Å². The first-order chi connectivity index (χ1) is 15.6. The maximum atomic E-state index is 13.3. The number of phenolic OH excluding ortho intramolecular Hbond substituents is 1. The normalized spacial score (nSPS) is 14.5. The van der Waals surface area contributed by atoms with Gasteiger partial charge in [0.2, 0.25) is 0 Å². The molecular formula is C26H33NO7. The van der Waals surface area contributed by atoms with Crippen LogP contribution in [-0.4, -0.2) is 38.7 Å². The van der Waals surface area contributed by atoms with Crippen molar-refractivity contribution in [3.8, 4) is 11.5 Å². The van der Waals surface area contributed by atoms with E-state index >= 15 is 0 Å². The summed E-state index contributed by atoms with van der Waals surface area (Å²) < 4.78 is 5.66. The highest BCUT2D eigenvalue weighted by Crippen LogP contribution is 2.45. The molecule has 0 radical (unpaired) electrons. The number of nitrogens with one attached hydrogen (secondary N) is 1. The number of aromatic hydroxyl groups is 1. The Morgan fingerprint density at radius 3 is 1.97 bits per heavy atom. The number of aliphatic carboxylic acids is 2. The van der Waals surface area contributed by atoms with E-state index in [2.05, 4.69) is 5.32 Å². The van der Waals surface area contributed by atoms with Crippen LogP contribution in [0.2, 0.25) is 0 Å². The van der Waals surface area contributed by atoms with Crippen molar-refractivity contribution in [2.75, 3.05) is 0 Å². The fraction of sp³-hybridized carbons (Fsp3) is 0.423. The number of carboxylic acids is 2. The molecule has 0 saturated heterocycles. The van der Waals surface area contributed by atoms with E-state index in [1.807, 2.05) is 30.3 Å². The maximum Gasteiger partial charge on any atom is 0.330 e. The third-order valence-corrected chi connectivity index (χ3v) is 5.86. The Bertz CT molecular complexity index is 1050. The van der Waals surface area contributed by atoms with Crippen molar-refractivity contribution >= 4 is 17.8 Å². The van der Waals surface area contributed by atoms with Gasteiger partial charge < -0.3 is 25.4 Å². The fourth-order valence-corrected chi connectivity index (χ4v) is 4.20. The summed E-state index contributed by atoms with van der Waals surface area (Å²) in [6.45, 7) is 9.64. The molecule has 4 N–H and O–H groups in total. The van der Waals surface area contributed by atoms with Gasteiger partial charge in [-0.05, 0) is 28.5 Å². The topological polar surface area (TPSA) is 133 Å². The van der Waals surface area contributed by atoms with E-state index in [0.717, 1.165) is 5.56 Å². The summed E-state index contributed by atoms with van der Waals surface area (Å²) in [6.07, 6.45) is 0. The lowest BCUT2D eigenvalue weighted by Gasteiger charge is -2.49. The van der Waals surface area contributed by atoms with Gasteiger partial charge in [-0.3, -0.25) is 9.59 Å². The number of carbonyl (C=O) groups is 3. The van der Waals surface area contributed by atoms with Gasteiger partial charge in [-0.15, -0.1) is 0 Å². The molecule has 2 aromatic rings. The van der Waals surface area contributed by atoms with Crippen LogP contribution in [-0.2, 0) is 16.2 Å². The summed E-state index contributed by atoms with van der Waals surface area (Å²) in [7, 11) is 0. The Labute approximate surface area is 199 Å². The molecule has 34 heavy (non-hydrogen) atoms. The lowest BCUT2D eigenvalue weighted by Crippen LogP contribution is -2.70. The zero-order valence-electron chi connectivity index (χ0n) is 20.4. The predicted molar refractivity (Wildman–Crippen MR) is 127 cm³/mol. The van der Waals surface area contributed by atoms with Crippen molar-refractivity contribution in [1.82, 2.24) is 5.32 Å². The van der Waals surface area contributed by atoms with E-state index in [0.29, 0.717) is 0 Å². The van der Waals surface area contributed by atoms with Crippen LogP contribution >= 0.6 is 0 Å². The van der Waals surface area contributed by atoms with E-state index in [1.54, 1.807) is 41.5 Å². The fourth-order valence-electron chi connectivity index (χ4n) is 4.20. The second kappa shape index (κ2) is 9.75. The Kier molecular flexibility index (Phi) is 7.66. The van der Waals surface area contributed by atoms with Crippen LogP contribution in [0, 0.1) is 16.7 Å². The molecule has 0 bridgehead atoms. The summed E-state index contributed by atoms with van der Waals surface area (Å²) in [5, 5.41) is 33.6. The summed E-state index contributed by atoms with van der Waals surface area (Å²) in [5.41, 5.74) is -3.79. The largest absolute Gasteiger partial charge is 0.504 e. The molecule has 0 aliphatic heterocycles. The number of phenols is 1. The highest BCUT2D eigenvalue weighted by atomic mass is 16.5. The average molecular weight is 472 g/mol. The van der Waals surface area contributed by atoms with Crippen molar-refractivity contribution in [1.29, 1.82) is 0 Å². The molecule has 0 aromatic heterocycles. The van der Waals surface area contributed by atoms with Gasteiger partial charge in [-0.25, -0.2) is 4.79 Å². The molecule has 184 valence electrons. The smallest absolute Gasteiger partial charge is 0.330 e. The van der Waals surface area contributed by atoms with Crippen LogP contribution in [0.4, 0.5) is 0 Å². The summed E-state index contributed by atoms with van der Waals surface area (Å²) in [5.74, 6) is -5.66. The number of carboxylic acid groups (broad SMARTS) is 2. The predicted octanol–water partition coefficient (Wildman–Crippen LogP) is 4.32. The Balaban J connectivity index is 2.50. The number of para-hydroxylation sites is 1. The molecular weight excluding hydrogens is 438 g/mol. The van der Waals surface area contributed by atoms with Crippen LogP contribution in [0.3, 0.4) is 0 Å². The molecule has 0 heterocycles. The van der Waals surface area contributed by atoms with Gasteiger partial charge in [0.05, 0.1) is 11.5 Å². The van der Waals surface area contributed by atoms with E-state index in [4.69, 9.17) is 4.74 Å². The molecule has 0 fully saturated rings. The van der Waals surface area contributed by atoms with Gasteiger partial charge in [-0.2, -0.15) is 0 Å². The molecule has 0 saturated carbocycles. The van der Waals surface area contributed by atoms with Crippen molar-refractivity contribution in [3.05, 3.63) is 59.7 Å². The van der Waals surface area contributed by atoms with Crippen molar-refractivity contribution in [3.63, 3.8) is 0 Å². The Hall–Kier alpha value is -3.55. The van der Waals surface area contributed by atoms with Gasteiger partial charge in [-0.1, -0.05) is 77.9 Å². The molecule has 2 unspecified atom stereocenters. The summed E-state index contributed by atoms with van der Waals surface area (Å²) in [6, 6.07) is 13.5. The number of benzene rings is 2. The minimum Gasteiger partial charge on any atom is -0.504 e. The maximum absolute atomic E-state index is 13.3. The van der Waals surface area contributed by atoms with Crippen LogP contribution in [0.25, 0.3) is 0 Å². The Morgan fingerprint density at radius 2 is 1.50 bits per heavy atom. The summed E-state index contributed by atoms with van der Waals surface area (Å²) >= 11 is 0. The third-order valence-electron chi connectivity index (χ3n) is 5.86. The first-order valence-corrected chi connectivity index (χ1v) is 10.9. The zero-order valence-corrected chi connectivity index (χ0v) is 20.4. The zero-order chi connectivity index (χ0) is 25.9. The van der Waals surface area contributed by atoms with Crippen LogP contribution < -0.4 is 10.1 Å². The van der Waals surface area contributed by atoms with Crippen molar-refractivity contribution < 1.29 is 34.4 Å². The number of hydrogen-bond donors (Lipinski definition) is 4. The van der Waals surface area contributed by atoms with Crippen LogP contribution in [0.5, 0.6) is 11.5 Å². The number of amides is 1. The minimum absolute atomic E-state index is 0.0405. The summed E-state index contributed by atoms with van der Waals surface area (Å²) in [4.78, 5) is 38.3. The molecule has 1 amide bonds. The first kappa shape index (κ1) is 26.7. The van der Waals surface area contributed by atoms with Crippen LogP contribution in [0.1, 0.15) is 57.5 Å². The third kappa shape index (κ3) is 5.32. The number of rotatable bonds is 8. The standard InChI is InChI=1S/C26H33NO7/c1-24(2,3)20(22(30)31)26(23(32)33,25(4,5)6)27-21(29)17-13-10-14-18(19(17)28)34-15-16-11-8-7-9-12-16/h7-14,20,28H,15H2,1-6H3,(H,27,29)(H,30,31)(H,32,33).